The molecule has 0 saturated carbocycles. The minimum atomic E-state index is -0.145. The first-order chi connectivity index (χ1) is 9.10. The molecule has 1 aromatic heterocycles. The van der Waals surface area contributed by atoms with Gasteiger partial charge in [-0.15, -0.1) is 10.2 Å². The SMILES string of the molecule is CCC(=O)N1CCCC(C(=O)Nc2nnc(C)s2)C1. The molecule has 2 amide bonds. The smallest absolute Gasteiger partial charge is 0.231 e. The van der Waals surface area contributed by atoms with Crippen molar-refractivity contribution in [3.8, 4) is 0 Å². The Bertz CT molecular complexity index is 474. The second-order valence-electron chi connectivity index (χ2n) is 4.65. The zero-order chi connectivity index (χ0) is 13.8. The van der Waals surface area contributed by atoms with Crippen LogP contribution < -0.4 is 5.32 Å². The van der Waals surface area contributed by atoms with Crippen LogP contribution in [0, 0.1) is 12.8 Å². The van der Waals surface area contributed by atoms with E-state index in [4.69, 9.17) is 0 Å². The number of amides is 2. The predicted molar refractivity (Wildman–Crippen MR) is 72.9 cm³/mol. The molecule has 0 radical (unpaired) electrons. The van der Waals surface area contributed by atoms with Gasteiger partial charge in [0.15, 0.2) is 0 Å². The highest BCUT2D eigenvalue weighted by molar-refractivity contribution is 7.15. The number of likely N-dealkylation sites (tertiary alicyclic amines) is 1. The summed E-state index contributed by atoms with van der Waals surface area (Å²) in [6.07, 6.45) is 2.18. The Morgan fingerprint density at radius 3 is 2.89 bits per heavy atom. The van der Waals surface area contributed by atoms with E-state index in [1.807, 2.05) is 13.8 Å². The van der Waals surface area contributed by atoms with Gasteiger partial charge in [-0.3, -0.25) is 9.59 Å². The number of rotatable bonds is 3. The van der Waals surface area contributed by atoms with E-state index in [2.05, 4.69) is 15.5 Å². The zero-order valence-electron chi connectivity index (χ0n) is 11.2. The van der Waals surface area contributed by atoms with Gasteiger partial charge in [0, 0.05) is 19.5 Å². The number of hydrogen-bond donors (Lipinski definition) is 1. The maximum Gasteiger partial charge on any atom is 0.231 e. The number of aromatic nitrogens is 2. The average Bonchev–Trinajstić information content (AvgIpc) is 2.83. The number of carbonyl (C=O) groups is 2. The number of nitrogens with one attached hydrogen (secondary N) is 1. The van der Waals surface area contributed by atoms with Crippen LogP contribution >= 0.6 is 11.3 Å². The Morgan fingerprint density at radius 1 is 1.47 bits per heavy atom. The van der Waals surface area contributed by atoms with Crippen molar-refractivity contribution >= 4 is 28.3 Å². The van der Waals surface area contributed by atoms with Crippen molar-refractivity contribution in [3.05, 3.63) is 5.01 Å². The molecule has 1 N–H and O–H groups in total. The van der Waals surface area contributed by atoms with Crippen LogP contribution in [-0.2, 0) is 9.59 Å². The predicted octanol–water partition coefficient (Wildman–Crippen LogP) is 1.43. The summed E-state index contributed by atoms with van der Waals surface area (Å²) in [4.78, 5) is 25.6. The molecule has 104 valence electrons. The maximum atomic E-state index is 12.1. The van der Waals surface area contributed by atoms with Gasteiger partial charge in [0.1, 0.15) is 5.01 Å². The molecule has 2 heterocycles. The van der Waals surface area contributed by atoms with Crippen LogP contribution in [0.1, 0.15) is 31.2 Å². The van der Waals surface area contributed by atoms with Gasteiger partial charge in [0.2, 0.25) is 16.9 Å². The van der Waals surface area contributed by atoms with Crippen molar-refractivity contribution in [1.82, 2.24) is 15.1 Å². The van der Waals surface area contributed by atoms with Gasteiger partial charge in [-0.2, -0.15) is 0 Å². The molecule has 1 saturated heterocycles. The van der Waals surface area contributed by atoms with Crippen LogP contribution in [0.25, 0.3) is 0 Å². The molecule has 0 aromatic carbocycles. The average molecular weight is 282 g/mol. The first-order valence-corrected chi connectivity index (χ1v) is 7.30. The zero-order valence-corrected chi connectivity index (χ0v) is 12.0. The van der Waals surface area contributed by atoms with Gasteiger partial charge >= 0.3 is 0 Å². The largest absolute Gasteiger partial charge is 0.342 e. The second kappa shape index (κ2) is 6.10. The van der Waals surface area contributed by atoms with Crippen LogP contribution in [0.4, 0.5) is 5.13 Å². The van der Waals surface area contributed by atoms with E-state index >= 15 is 0 Å². The summed E-state index contributed by atoms with van der Waals surface area (Å²) in [7, 11) is 0. The summed E-state index contributed by atoms with van der Waals surface area (Å²) < 4.78 is 0. The normalized spacial score (nSPS) is 19.3. The third-order valence-corrected chi connectivity index (χ3v) is 3.96. The molecule has 7 heteroatoms. The molecule has 6 nitrogen and oxygen atoms in total. The highest BCUT2D eigenvalue weighted by atomic mass is 32.1. The van der Waals surface area contributed by atoms with Crippen molar-refractivity contribution in [3.63, 3.8) is 0 Å². The number of piperidine rings is 1. The lowest BCUT2D eigenvalue weighted by atomic mass is 9.97. The lowest BCUT2D eigenvalue weighted by molar-refractivity contribution is -0.134. The molecule has 1 unspecified atom stereocenters. The molecule has 0 aliphatic carbocycles. The summed E-state index contributed by atoms with van der Waals surface area (Å²) in [6.45, 7) is 4.95. The number of hydrogen-bond acceptors (Lipinski definition) is 5. The molecule has 1 atom stereocenters. The minimum absolute atomic E-state index is 0.0650. The van der Waals surface area contributed by atoms with Crippen molar-refractivity contribution in [2.45, 2.75) is 33.1 Å². The lowest BCUT2D eigenvalue weighted by Gasteiger charge is -2.31. The lowest BCUT2D eigenvalue weighted by Crippen LogP contribution is -2.43. The van der Waals surface area contributed by atoms with Gasteiger partial charge in [0.25, 0.3) is 0 Å². The summed E-state index contributed by atoms with van der Waals surface area (Å²) in [5, 5.41) is 11.9. The molecular formula is C12H18N4O2S. The van der Waals surface area contributed by atoms with E-state index in [0.717, 1.165) is 24.4 Å². The number of aryl methyl sites for hydroxylation is 1. The standard InChI is InChI=1S/C12H18N4O2S/c1-3-10(17)16-6-4-5-9(7-16)11(18)13-12-15-14-8(2)19-12/h9H,3-7H2,1-2H3,(H,13,15,18). The topological polar surface area (TPSA) is 75.2 Å². The molecule has 1 aliphatic rings. The Hall–Kier alpha value is -1.50. The summed E-state index contributed by atoms with van der Waals surface area (Å²) in [5.41, 5.74) is 0. The fourth-order valence-corrected chi connectivity index (χ4v) is 2.79. The highest BCUT2D eigenvalue weighted by Gasteiger charge is 2.28. The molecule has 1 fully saturated rings. The van der Waals surface area contributed by atoms with E-state index in [9.17, 15) is 9.59 Å². The van der Waals surface area contributed by atoms with Crippen molar-refractivity contribution < 1.29 is 9.59 Å². The van der Waals surface area contributed by atoms with E-state index in [1.54, 1.807) is 4.90 Å². The van der Waals surface area contributed by atoms with E-state index in [0.29, 0.717) is 18.1 Å². The first-order valence-electron chi connectivity index (χ1n) is 6.49. The molecule has 1 aliphatic heterocycles. The molecular weight excluding hydrogens is 264 g/mol. The first kappa shape index (κ1) is 13.9. The molecule has 1 aromatic rings. The van der Waals surface area contributed by atoms with Gasteiger partial charge in [-0.1, -0.05) is 18.3 Å². The fourth-order valence-electron chi connectivity index (χ4n) is 2.20. The quantitative estimate of drug-likeness (QED) is 0.910. The number of carbonyl (C=O) groups excluding carboxylic acids is 2. The van der Waals surface area contributed by atoms with E-state index < -0.39 is 0 Å². The van der Waals surface area contributed by atoms with E-state index in [-0.39, 0.29) is 17.7 Å². The van der Waals surface area contributed by atoms with Crippen LogP contribution in [0.15, 0.2) is 0 Å². The van der Waals surface area contributed by atoms with Crippen LogP contribution in [0.3, 0.4) is 0 Å². The Kier molecular flexibility index (Phi) is 4.47. The van der Waals surface area contributed by atoms with Crippen LogP contribution in [0.2, 0.25) is 0 Å². The molecule has 2 rings (SSSR count). The summed E-state index contributed by atoms with van der Waals surface area (Å²) in [5.74, 6) is -0.0949. The van der Waals surface area contributed by atoms with Crippen molar-refractivity contribution in [1.29, 1.82) is 0 Å². The summed E-state index contributed by atoms with van der Waals surface area (Å²) >= 11 is 1.36. The number of nitrogens with zero attached hydrogens (tertiary/aromatic N) is 3. The Labute approximate surface area is 116 Å². The maximum absolute atomic E-state index is 12.1. The Balaban J connectivity index is 1.93. The van der Waals surface area contributed by atoms with Crippen molar-refractivity contribution in [2.24, 2.45) is 5.92 Å². The van der Waals surface area contributed by atoms with Crippen LogP contribution in [0.5, 0.6) is 0 Å². The van der Waals surface area contributed by atoms with Crippen LogP contribution in [-0.4, -0.2) is 40.0 Å². The second-order valence-corrected chi connectivity index (χ2v) is 5.83. The van der Waals surface area contributed by atoms with Gasteiger partial charge < -0.3 is 10.2 Å². The van der Waals surface area contributed by atoms with Crippen molar-refractivity contribution in [2.75, 3.05) is 18.4 Å². The molecule has 19 heavy (non-hydrogen) atoms. The van der Waals surface area contributed by atoms with Gasteiger partial charge in [-0.25, -0.2) is 0 Å². The van der Waals surface area contributed by atoms with E-state index in [1.165, 1.54) is 11.3 Å². The molecule has 0 bridgehead atoms. The molecule has 0 spiro atoms. The monoisotopic (exact) mass is 282 g/mol. The summed E-state index contributed by atoms with van der Waals surface area (Å²) in [6, 6.07) is 0. The Morgan fingerprint density at radius 2 is 2.26 bits per heavy atom. The fraction of sp³-hybridized carbons (Fsp3) is 0.667. The minimum Gasteiger partial charge on any atom is -0.342 e. The van der Waals surface area contributed by atoms with Gasteiger partial charge in [-0.05, 0) is 19.8 Å². The number of anilines is 1. The third-order valence-electron chi connectivity index (χ3n) is 3.20. The van der Waals surface area contributed by atoms with Gasteiger partial charge in [0.05, 0.1) is 5.92 Å². The third kappa shape index (κ3) is 3.50. The highest BCUT2D eigenvalue weighted by Crippen LogP contribution is 2.20.